The predicted molar refractivity (Wildman–Crippen MR) is 546 cm³/mol. The number of anilines is 6. The SMILES string of the molecule is CC1(C)c2ccccc2-c2cccc(-c3cccc(N(c4ccc(-c5ccccc5)cc4-c4ccccc4)c4ccccc4-c4cccc5cc(-c6ccc7c(c6)-c6c(-c8ccccc8N(c8ccc(-c9ccccc9)cc8-c8ccccc8)c8ccccc8-c8cccc9cccc(-c%10ccccc%10)c89)cccc6C7(C)c6ccccc6)cc(-c6ccccc6)c45)c3)c21. The van der Waals surface area contributed by atoms with E-state index in [0.29, 0.717) is 0 Å². The normalized spacial score (nSPS) is 13.3. The van der Waals surface area contributed by atoms with Crippen LogP contribution < -0.4 is 9.80 Å². The van der Waals surface area contributed by atoms with Crippen molar-refractivity contribution in [2.75, 3.05) is 9.80 Å². The number of fused-ring (bicyclic) bond motifs is 8. The lowest BCUT2D eigenvalue weighted by Gasteiger charge is -2.32. The van der Waals surface area contributed by atoms with E-state index in [2.05, 4.69) is 522 Å². The molecule has 129 heavy (non-hydrogen) atoms. The summed E-state index contributed by atoms with van der Waals surface area (Å²) in [7, 11) is 0. The first-order valence-corrected chi connectivity index (χ1v) is 44.9. The molecule has 0 N–H and O–H groups in total. The summed E-state index contributed by atoms with van der Waals surface area (Å²) in [5.74, 6) is 0. The minimum absolute atomic E-state index is 0.227. The highest BCUT2D eigenvalue weighted by Crippen LogP contribution is 2.60. The molecule has 1 atom stereocenters. The van der Waals surface area contributed by atoms with Gasteiger partial charge in [0.25, 0.3) is 0 Å². The van der Waals surface area contributed by atoms with Crippen LogP contribution in [0.25, 0.3) is 166 Å². The van der Waals surface area contributed by atoms with Crippen LogP contribution in [0.1, 0.15) is 48.6 Å². The van der Waals surface area contributed by atoms with Crippen LogP contribution in [0.2, 0.25) is 0 Å². The van der Waals surface area contributed by atoms with E-state index in [4.69, 9.17) is 0 Å². The molecule has 1 unspecified atom stereocenters. The van der Waals surface area contributed by atoms with Gasteiger partial charge in [0.15, 0.2) is 0 Å². The minimum atomic E-state index is -0.548. The molecule has 0 fully saturated rings. The molecule has 2 nitrogen and oxygen atoms in total. The molecule has 0 amide bonds. The smallest absolute Gasteiger partial charge is 0.0540 e. The first kappa shape index (κ1) is 77.5. The molecule has 21 aromatic carbocycles. The number of rotatable bonds is 18. The summed E-state index contributed by atoms with van der Waals surface area (Å²) in [5, 5.41) is 4.70. The van der Waals surface area contributed by atoms with Crippen molar-refractivity contribution in [1.82, 2.24) is 0 Å². The molecular formula is C127H90N2. The van der Waals surface area contributed by atoms with E-state index in [9.17, 15) is 0 Å². The van der Waals surface area contributed by atoms with Crippen LogP contribution in [0.4, 0.5) is 34.1 Å². The van der Waals surface area contributed by atoms with Crippen LogP contribution in [0.15, 0.2) is 491 Å². The Balaban J connectivity index is 0.720. The zero-order valence-corrected chi connectivity index (χ0v) is 72.2. The second-order valence-electron chi connectivity index (χ2n) is 34.9. The highest BCUT2D eigenvalue weighted by molar-refractivity contribution is 6.14. The molecule has 0 spiro atoms. The molecule has 2 heteroatoms. The zero-order chi connectivity index (χ0) is 86.1. The molecule has 0 bridgehead atoms. The Morgan fingerprint density at radius 2 is 0.527 bits per heavy atom. The molecule has 21 aromatic rings. The number of benzene rings is 21. The van der Waals surface area contributed by atoms with Gasteiger partial charge in [-0.25, -0.2) is 0 Å². The quantitative estimate of drug-likeness (QED) is 0.0845. The lowest BCUT2D eigenvalue weighted by atomic mass is 9.74. The zero-order valence-electron chi connectivity index (χ0n) is 72.2. The van der Waals surface area contributed by atoms with Crippen molar-refractivity contribution in [3.8, 4) is 145 Å². The van der Waals surface area contributed by atoms with Gasteiger partial charge in [0, 0.05) is 44.3 Å². The van der Waals surface area contributed by atoms with Crippen molar-refractivity contribution < 1.29 is 0 Å². The highest BCUT2D eigenvalue weighted by Gasteiger charge is 2.43. The van der Waals surface area contributed by atoms with Crippen molar-refractivity contribution in [2.45, 2.75) is 31.6 Å². The first-order chi connectivity index (χ1) is 63.7. The van der Waals surface area contributed by atoms with Crippen molar-refractivity contribution in [2.24, 2.45) is 0 Å². The molecule has 23 rings (SSSR count). The van der Waals surface area contributed by atoms with Crippen LogP contribution in [-0.2, 0) is 10.8 Å². The second kappa shape index (κ2) is 32.4. The van der Waals surface area contributed by atoms with Gasteiger partial charge >= 0.3 is 0 Å². The van der Waals surface area contributed by atoms with E-state index in [1.165, 1.54) is 82.9 Å². The summed E-state index contributed by atoms with van der Waals surface area (Å²) < 4.78 is 0. The molecule has 0 radical (unpaired) electrons. The maximum absolute atomic E-state index is 2.58. The third-order valence-corrected chi connectivity index (χ3v) is 27.3. The number of hydrogen-bond acceptors (Lipinski definition) is 2. The van der Waals surface area contributed by atoms with E-state index in [0.717, 1.165) is 145 Å². The summed E-state index contributed by atoms with van der Waals surface area (Å²) in [4.78, 5) is 5.12. The van der Waals surface area contributed by atoms with Gasteiger partial charge in [-0.15, -0.1) is 0 Å². The van der Waals surface area contributed by atoms with Gasteiger partial charge in [-0.05, 0) is 246 Å². The van der Waals surface area contributed by atoms with E-state index in [1.54, 1.807) is 0 Å². The fraction of sp³-hybridized carbons (Fsp3) is 0.0394. The lowest BCUT2D eigenvalue weighted by Crippen LogP contribution is -2.22. The summed E-state index contributed by atoms with van der Waals surface area (Å²) in [6, 6.07) is 183. The van der Waals surface area contributed by atoms with Gasteiger partial charge in [0.2, 0.25) is 0 Å². The van der Waals surface area contributed by atoms with Crippen LogP contribution in [0.3, 0.4) is 0 Å². The van der Waals surface area contributed by atoms with Crippen molar-refractivity contribution in [1.29, 1.82) is 0 Å². The Morgan fingerprint density at radius 3 is 1.10 bits per heavy atom. The molecule has 608 valence electrons. The summed E-state index contributed by atoms with van der Waals surface area (Å²) >= 11 is 0. The molecule has 2 aliphatic rings. The van der Waals surface area contributed by atoms with Crippen molar-refractivity contribution >= 4 is 55.7 Å². The van der Waals surface area contributed by atoms with Crippen LogP contribution in [0, 0.1) is 0 Å². The van der Waals surface area contributed by atoms with Gasteiger partial charge in [-0.3, -0.25) is 0 Å². The third kappa shape index (κ3) is 13.4. The Kier molecular flexibility index (Phi) is 19.5. The van der Waals surface area contributed by atoms with E-state index in [1.807, 2.05) is 0 Å². The second-order valence-corrected chi connectivity index (χ2v) is 34.9. The lowest BCUT2D eigenvalue weighted by molar-refractivity contribution is 0.662. The molecule has 2 aliphatic carbocycles. The highest BCUT2D eigenvalue weighted by atomic mass is 15.2. The standard InChI is InChI=1S/C127H90N2/c1-126(2)114-68-29-25-58-102(114)109-67-37-63-101(125(109)126)95-53-33-57-99(80-95)128(120-77-74-92(85-39-11-4-12-40-85)81-110(120)88-45-17-7-18-46-88)117-70-30-26-59-103(117)107-65-36-54-96-79-97(84-112(123(96)107)90-49-21-9-22-50-90)94-73-76-115-113(83-94)124-108(66-38-69-116(124)127(115,3)98-55-23-10-24-56-98)105-61-28-32-72-119(105)129(121-78-75-93(86-41-13-5-14-42-86)82-111(121)89-47-19-8-20-48-89)118-71-31-27-60-104(118)106-64-35-52-91-51-34-62-100(122(91)106)87-43-15-6-16-44-87/h4-84H,1-3H3. The maximum atomic E-state index is 2.58. The molecule has 0 aromatic heterocycles. The summed E-state index contributed by atoms with van der Waals surface area (Å²) in [6.07, 6.45) is 0. The molecule has 0 heterocycles. The van der Waals surface area contributed by atoms with E-state index < -0.39 is 5.41 Å². The molecular weight excluding hydrogens is 1550 g/mol. The van der Waals surface area contributed by atoms with Gasteiger partial charge in [0.1, 0.15) is 0 Å². The Labute approximate surface area is 755 Å². The molecule has 0 aliphatic heterocycles. The maximum Gasteiger partial charge on any atom is 0.0540 e. The number of nitrogens with zero attached hydrogens (tertiary/aromatic N) is 2. The van der Waals surface area contributed by atoms with Crippen LogP contribution in [0.5, 0.6) is 0 Å². The van der Waals surface area contributed by atoms with E-state index in [-0.39, 0.29) is 5.41 Å². The van der Waals surface area contributed by atoms with Crippen LogP contribution >= 0.6 is 0 Å². The fourth-order valence-corrected chi connectivity index (χ4v) is 21.3. The van der Waals surface area contributed by atoms with Crippen molar-refractivity contribution in [3.63, 3.8) is 0 Å². The van der Waals surface area contributed by atoms with Crippen LogP contribution in [-0.4, -0.2) is 0 Å². The van der Waals surface area contributed by atoms with Gasteiger partial charge in [-0.1, -0.05) is 432 Å². The Morgan fingerprint density at radius 1 is 0.171 bits per heavy atom. The average molecular weight is 1640 g/mol. The third-order valence-electron chi connectivity index (χ3n) is 27.3. The minimum Gasteiger partial charge on any atom is -0.309 e. The number of hydrogen-bond donors (Lipinski definition) is 0. The van der Waals surface area contributed by atoms with Gasteiger partial charge in [0.05, 0.1) is 28.4 Å². The monoisotopic (exact) mass is 1640 g/mol. The fourth-order valence-electron chi connectivity index (χ4n) is 21.3. The average Bonchev–Trinajstić information content (AvgIpc) is 1.55. The predicted octanol–water partition coefficient (Wildman–Crippen LogP) is 34.9. The van der Waals surface area contributed by atoms with Crippen molar-refractivity contribution in [3.05, 3.63) is 519 Å². The summed E-state index contributed by atoms with van der Waals surface area (Å²) in [5.41, 5.74) is 42.3. The van der Waals surface area contributed by atoms with E-state index >= 15 is 0 Å². The largest absolute Gasteiger partial charge is 0.309 e. The Bertz CT molecular complexity index is 7870. The molecule has 0 saturated carbocycles. The van der Waals surface area contributed by atoms with Gasteiger partial charge in [-0.2, -0.15) is 0 Å². The number of para-hydroxylation sites is 3. The molecule has 0 saturated heterocycles. The first-order valence-electron chi connectivity index (χ1n) is 44.9. The van der Waals surface area contributed by atoms with Gasteiger partial charge < -0.3 is 9.80 Å². The summed E-state index contributed by atoms with van der Waals surface area (Å²) in [6.45, 7) is 7.24. The Hall–Kier alpha value is -16.3. The topological polar surface area (TPSA) is 6.48 Å².